The van der Waals surface area contributed by atoms with Crippen molar-refractivity contribution in [1.82, 2.24) is 5.32 Å². The Balaban J connectivity index is 1.08. The lowest BCUT2D eigenvalue weighted by Gasteiger charge is -2.73. The average molecular weight is 836 g/mol. The molecule has 328 valence electrons. The number of carbonyl (C=O) groups is 2. The third-order valence-corrected chi connectivity index (χ3v) is 20.2. The average Bonchev–Trinajstić information content (AvgIpc) is 3.97. The molecule has 11 aliphatic rings. The monoisotopic (exact) mass is 835 g/mol. The molecule has 18 atom stereocenters. The molecule has 7 N–H and O–H groups in total. The van der Waals surface area contributed by atoms with Gasteiger partial charge in [-0.2, -0.15) is 0 Å². The molecular formula is C51H65NO9. The Morgan fingerprint density at radius 1 is 0.934 bits per heavy atom. The number of nitrogens with one attached hydrogen (secondary N) is 1. The minimum absolute atomic E-state index is 0.0630. The number of fused-ring (bicyclic) bond motifs is 7. The van der Waals surface area contributed by atoms with Crippen LogP contribution in [0, 0.1) is 81.8 Å². The lowest BCUT2D eigenvalue weighted by atomic mass is 9.35. The molecule has 1 heterocycles. The second kappa shape index (κ2) is 14.3. The van der Waals surface area contributed by atoms with Gasteiger partial charge in [0.25, 0.3) is 0 Å². The second-order valence-corrected chi connectivity index (χ2v) is 21.7. The van der Waals surface area contributed by atoms with Crippen LogP contribution in [0.1, 0.15) is 113 Å². The molecule has 1 spiro atoms. The molecule has 0 saturated heterocycles. The summed E-state index contributed by atoms with van der Waals surface area (Å²) in [6, 6.07) is 5.62. The van der Waals surface area contributed by atoms with Crippen LogP contribution in [0.25, 0.3) is 0 Å². The van der Waals surface area contributed by atoms with Gasteiger partial charge in [-0.05, 0) is 136 Å². The maximum absolute atomic E-state index is 14.3. The van der Waals surface area contributed by atoms with Crippen LogP contribution in [0.15, 0.2) is 42.0 Å². The molecule has 1 aromatic carbocycles. The highest BCUT2D eigenvalue weighted by molar-refractivity contribution is 5.86. The number of benzene rings is 1. The van der Waals surface area contributed by atoms with E-state index >= 15 is 0 Å². The van der Waals surface area contributed by atoms with Crippen LogP contribution >= 0.6 is 0 Å². The van der Waals surface area contributed by atoms with Crippen LogP contribution in [-0.4, -0.2) is 91.1 Å². The van der Waals surface area contributed by atoms with E-state index in [9.17, 15) is 40.2 Å². The molecule has 18 unspecified atom stereocenters. The molecule has 1 aliphatic heterocycles. The third kappa shape index (κ3) is 5.18. The van der Waals surface area contributed by atoms with Gasteiger partial charge < -0.3 is 45.5 Å². The Morgan fingerprint density at radius 3 is 2.52 bits per heavy atom. The van der Waals surface area contributed by atoms with Crippen LogP contribution in [0.2, 0.25) is 0 Å². The summed E-state index contributed by atoms with van der Waals surface area (Å²) in [7, 11) is 1.90. The zero-order valence-electron chi connectivity index (χ0n) is 35.6. The van der Waals surface area contributed by atoms with E-state index in [1.807, 2.05) is 25.2 Å². The van der Waals surface area contributed by atoms with Crippen molar-refractivity contribution >= 4 is 12.3 Å². The Morgan fingerprint density at radius 2 is 1.75 bits per heavy atom. The van der Waals surface area contributed by atoms with Crippen molar-refractivity contribution in [3.05, 3.63) is 58.7 Å². The maximum Gasteiger partial charge on any atom is 0.331 e. The predicted octanol–water partition coefficient (Wildman–Crippen LogP) is 4.29. The number of esters is 1. The van der Waals surface area contributed by atoms with Gasteiger partial charge in [0.1, 0.15) is 23.6 Å². The number of aldehydes is 1. The Bertz CT molecular complexity index is 2100. The van der Waals surface area contributed by atoms with E-state index < -0.39 is 69.7 Å². The second-order valence-electron chi connectivity index (χ2n) is 21.7. The number of hydrogen-bond donors (Lipinski definition) is 7. The Labute approximate surface area is 359 Å². The van der Waals surface area contributed by atoms with Gasteiger partial charge in [0.2, 0.25) is 0 Å². The fourth-order valence-electron chi connectivity index (χ4n) is 17.9. The van der Waals surface area contributed by atoms with Gasteiger partial charge in [-0.3, -0.25) is 0 Å². The molecule has 1 aromatic rings. The summed E-state index contributed by atoms with van der Waals surface area (Å²) in [5, 5.41) is 81.5. The van der Waals surface area contributed by atoms with Gasteiger partial charge in [0.15, 0.2) is 0 Å². The topological polar surface area (TPSA) is 177 Å². The molecule has 7 fully saturated rings. The predicted molar refractivity (Wildman–Crippen MR) is 225 cm³/mol. The molecule has 7 saturated carbocycles. The highest BCUT2D eigenvalue weighted by Crippen LogP contribution is 2.77. The van der Waals surface area contributed by atoms with E-state index in [2.05, 4.69) is 29.3 Å². The van der Waals surface area contributed by atoms with Crippen molar-refractivity contribution in [3.63, 3.8) is 0 Å². The molecular weight excluding hydrogens is 771 g/mol. The molecule has 0 radical (unpaired) electrons. The minimum atomic E-state index is -2.19. The van der Waals surface area contributed by atoms with E-state index in [-0.39, 0.29) is 61.5 Å². The number of allylic oxidation sites excluding steroid dienone is 2. The highest BCUT2D eigenvalue weighted by atomic mass is 16.5. The first-order valence-corrected chi connectivity index (χ1v) is 23.9. The van der Waals surface area contributed by atoms with Crippen LogP contribution < -0.4 is 5.32 Å². The first kappa shape index (κ1) is 40.9. The van der Waals surface area contributed by atoms with Gasteiger partial charge >= 0.3 is 5.97 Å². The van der Waals surface area contributed by atoms with E-state index in [4.69, 9.17) is 4.74 Å². The summed E-state index contributed by atoms with van der Waals surface area (Å²) in [5.41, 5.74) is -5.01. The smallest absolute Gasteiger partial charge is 0.331 e. The van der Waals surface area contributed by atoms with E-state index in [1.165, 1.54) is 12.8 Å². The fraction of sp³-hybridized carbons (Fsp3) is 0.725. The quantitative estimate of drug-likeness (QED) is 0.100. The molecule has 0 aromatic heterocycles. The minimum Gasteiger partial charge on any atom is -0.454 e. The van der Waals surface area contributed by atoms with Crippen LogP contribution in [0.4, 0.5) is 0 Å². The summed E-state index contributed by atoms with van der Waals surface area (Å²) in [6.45, 7) is -0.129. The SMILES string of the molecule is CNC1Cc2c(cccc2CO)C#CCCC23CCC4C5(C=O)CCC(O)C6CC7C=CCC(C8CCCC8)C7CC(C(O)C4(O)C2(O)CC2CC1C1OC(=O)C=C1C23)C65O. The number of rotatable bonds is 4. The molecule has 10 nitrogen and oxygen atoms in total. The van der Waals surface area contributed by atoms with Gasteiger partial charge in [0.05, 0.1) is 29.8 Å². The summed E-state index contributed by atoms with van der Waals surface area (Å²) in [5.74, 6) is 4.13. The van der Waals surface area contributed by atoms with Crippen molar-refractivity contribution in [1.29, 1.82) is 0 Å². The van der Waals surface area contributed by atoms with Crippen molar-refractivity contribution < 1.29 is 45.0 Å². The lowest BCUT2D eigenvalue weighted by Crippen LogP contribution is -2.85. The molecule has 12 rings (SSSR count). The molecule has 10 aliphatic carbocycles. The van der Waals surface area contributed by atoms with Crippen LogP contribution in [0.5, 0.6) is 0 Å². The highest BCUT2D eigenvalue weighted by Gasteiger charge is 2.85. The lowest BCUT2D eigenvalue weighted by molar-refractivity contribution is -0.375. The van der Waals surface area contributed by atoms with Crippen molar-refractivity contribution in [2.24, 2.45) is 70.0 Å². The Hall–Kier alpha value is -2.88. The van der Waals surface area contributed by atoms with E-state index in [0.29, 0.717) is 63.2 Å². The Kier molecular flexibility index (Phi) is 9.59. The van der Waals surface area contributed by atoms with Crippen molar-refractivity contribution in [2.75, 3.05) is 7.05 Å². The fourth-order valence-corrected chi connectivity index (χ4v) is 17.9. The standard InChI is InChI=1S/C51H65NO9/c1-52-40-23-34-29(11-6-13-31(34)26-53)10-4-5-17-47-19-16-42-48(27-54)18-15-41(55)38-21-30-12-7-14-33(28-8-2-3-9-28)35(30)22-39(50(38,48)59)46(57)51(42,60)49(47,58)25-32-20-36(40)45-37(44(32)47)24-43(56)61-45/h6-7,11-13,24,27-28,30,32-33,35-36,38-42,44-46,52-53,55,57-60H,2-3,5,8-9,14-23,25-26H2,1H3. The van der Waals surface area contributed by atoms with E-state index in [0.717, 1.165) is 47.8 Å². The normalized spacial score (nSPS) is 50.6. The number of ether oxygens (including phenoxy) is 1. The van der Waals surface area contributed by atoms with Crippen LogP contribution in [0.3, 0.4) is 0 Å². The summed E-state index contributed by atoms with van der Waals surface area (Å²) < 4.78 is 6.24. The summed E-state index contributed by atoms with van der Waals surface area (Å²) >= 11 is 0. The number of likely N-dealkylation sites (N-methyl/N-ethyl adjacent to an activating group) is 1. The third-order valence-electron chi connectivity index (χ3n) is 20.2. The zero-order valence-corrected chi connectivity index (χ0v) is 35.6. The van der Waals surface area contributed by atoms with Gasteiger partial charge in [-0.1, -0.05) is 61.8 Å². The van der Waals surface area contributed by atoms with Crippen molar-refractivity contribution in [3.8, 4) is 11.8 Å². The van der Waals surface area contributed by atoms with Gasteiger partial charge in [-0.15, -0.1) is 0 Å². The first-order chi connectivity index (χ1) is 29.4. The van der Waals surface area contributed by atoms with Crippen LogP contribution in [-0.2, 0) is 27.4 Å². The first-order valence-electron chi connectivity index (χ1n) is 23.9. The molecule has 0 amide bonds. The molecule has 4 bridgehead atoms. The number of aliphatic hydroxyl groups is 6. The largest absolute Gasteiger partial charge is 0.454 e. The zero-order chi connectivity index (χ0) is 42.3. The molecule has 61 heavy (non-hydrogen) atoms. The number of aliphatic hydroxyl groups excluding tert-OH is 3. The van der Waals surface area contributed by atoms with Crippen molar-refractivity contribution in [2.45, 2.75) is 150 Å². The number of hydrogen-bond acceptors (Lipinski definition) is 10. The van der Waals surface area contributed by atoms with E-state index in [1.54, 1.807) is 6.08 Å². The summed E-state index contributed by atoms with van der Waals surface area (Å²) in [6.07, 6.45) is 13.7. The summed E-state index contributed by atoms with van der Waals surface area (Å²) in [4.78, 5) is 27.8. The van der Waals surface area contributed by atoms with Gasteiger partial charge in [0, 0.05) is 53.2 Å². The van der Waals surface area contributed by atoms with Gasteiger partial charge in [-0.25, -0.2) is 4.79 Å². The number of carbonyl (C=O) groups excluding carboxylic acids is 2. The maximum atomic E-state index is 14.3. The molecule has 10 heteroatoms.